The van der Waals surface area contributed by atoms with E-state index in [-0.39, 0.29) is 11.7 Å². The van der Waals surface area contributed by atoms with Gasteiger partial charge in [-0.15, -0.1) is 0 Å². The maximum absolute atomic E-state index is 12.3. The highest BCUT2D eigenvalue weighted by molar-refractivity contribution is 5.94. The quantitative estimate of drug-likeness (QED) is 0.887. The Labute approximate surface area is 124 Å². The molecule has 0 atom stereocenters. The van der Waals surface area contributed by atoms with Crippen LogP contribution in [0.15, 0.2) is 30.6 Å². The van der Waals surface area contributed by atoms with Gasteiger partial charge >= 0.3 is 6.61 Å². The van der Waals surface area contributed by atoms with Crippen LogP contribution in [0.2, 0.25) is 0 Å². The molecule has 22 heavy (non-hydrogen) atoms. The molecule has 2 aromatic rings. The number of H-pyrrole nitrogens is 1. The molecule has 116 valence electrons. The van der Waals surface area contributed by atoms with Gasteiger partial charge < -0.3 is 10.1 Å². The second-order valence-electron chi connectivity index (χ2n) is 5.13. The Hall–Kier alpha value is -2.51. The number of amides is 1. The molecule has 0 spiro atoms. The molecule has 0 bridgehead atoms. The molecule has 3 rings (SSSR count). The zero-order chi connectivity index (χ0) is 15.6. The molecule has 1 aliphatic rings. The van der Waals surface area contributed by atoms with Crippen molar-refractivity contribution in [2.75, 3.05) is 0 Å². The van der Waals surface area contributed by atoms with Crippen molar-refractivity contribution < 1.29 is 18.3 Å². The first-order chi connectivity index (χ1) is 10.6. The lowest BCUT2D eigenvalue weighted by Gasteiger charge is -2.40. The van der Waals surface area contributed by atoms with E-state index in [4.69, 9.17) is 0 Å². The molecule has 1 heterocycles. The monoisotopic (exact) mass is 308 g/mol. The van der Waals surface area contributed by atoms with Crippen LogP contribution in [0.4, 0.5) is 8.78 Å². The van der Waals surface area contributed by atoms with Gasteiger partial charge in [-0.3, -0.25) is 9.89 Å². The summed E-state index contributed by atoms with van der Waals surface area (Å²) in [6.07, 6.45) is 3.95. The fraction of sp³-hybridized carbons (Fsp3) is 0.357. The molecule has 1 aromatic carbocycles. The number of nitrogens with one attached hydrogen (secondary N) is 2. The minimum atomic E-state index is -2.88. The minimum absolute atomic E-state index is 0.0140. The van der Waals surface area contributed by atoms with E-state index in [1.165, 1.54) is 30.6 Å². The summed E-state index contributed by atoms with van der Waals surface area (Å²) in [5, 5.41) is 9.55. The summed E-state index contributed by atoms with van der Waals surface area (Å²) in [6.45, 7) is -2.88. The van der Waals surface area contributed by atoms with Crippen molar-refractivity contribution in [3.05, 3.63) is 42.0 Å². The zero-order valence-electron chi connectivity index (χ0n) is 11.6. The largest absolute Gasteiger partial charge is 0.435 e. The second kappa shape index (κ2) is 5.70. The molecule has 0 unspecified atom stereocenters. The molecule has 1 saturated carbocycles. The first-order valence-electron chi connectivity index (χ1n) is 6.82. The normalized spacial score (nSPS) is 16.1. The number of alkyl halides is 2. The molecule has 1 aromatic heterocycles. The van der Waals surface area contributed by atoms with E-state index >= 15 is 0 Å². The third kappa shape index (κ3) is 2.76. The van der Waals surface area contributed by atoms with Crippen molar-refractivity contribution >= 4 is 5.91 Å². The molecule has 2 N–H and O–H groups in total. The summed E-state index contributed by atoms with van der Waals surface area (Å²) in [6, 6.07) is 5.56. The van der Waals surface area contributed by atoms with Crippen LogP contribution in [0, 0.1) is 0 Å². The molecule has 0 saturated heterocycles. The average molecular weight is 308 g/mol. The number of hydrogen-bond donors (Lipinski definition) is 2. The van der Waals surface area contributed by atoms with Crippen LogP contribution in [-0.2, 0) is 5.54 Å². The number of halogens is 2. The van der Waals surface area contributed by atoms with Gasteiger partial charge in [0.15, 0.2) is 0 Å². The Kier molecular flexibility index (Phi) is 3.74. The van der Waals surface area contributed by atoms with Gasteiger partial charge in [-0.05, 0) is 43.5 Å². The molecule has 6 nitrogen and oxygen atoms in total. The predicted molar refractivity (Wildman–Crippen MR) is 72.5 cm³/mol. The highest BCUT2D eigenvalue weighted by Crippen LogP contribution is 2.39. The number of aromatic nitrogens is 3. The number of carbonyl (C=O) groups excluding carboxylic acids is 1. The maximum atomic E-state index is 12.3. The number of aromatic amines is 1. The molecular formula is C14H14F2N4O2. The number of carbonyl (C=O) groups is 1. The van der Waals surface area contributed by atoms with Crippen LogP contribution in [0.3, 0.4) is 0 Å². The smallest absolute Gasteiger partial charge is 0.387 e. The highest BCUT2D eigenvalue weighted by Gasteiger charge is 2.42. The van der Waals surface area contributed by atoms with E-state index in [2.05, 4.69) is 25.2 Å². The SMILES string of the molecule is O=C(NC1(c2ncn[nH]2)CCC1)c1ccc(OC(F)F)cc1. The minimum Gasteiger partial charge on any atom is -0.435 e. The number of nitrogens with zero attached hydrogens (tertiary/aromatic N) is 2. The highest BCUT2D eigenvalue weighted by atomic mass is 19.3. The van der Waals surface area contributed by atoms with Gasteiger partial charge in [-0.25, -0.2) is 4.98 Å². The van der Waals surface area contributed by atoms with Crippen LogP contribution in [-0.4, -0.2) is 27.7 Å². The van der Waals surface area contributed by atoms with Gasteiger partial charge in [0.1, 0.15) is 17.9 Å². The van der Waals surface area contributed by atoms with E-state index in [9.17, 15) is 13.6 Å². The lowest BCUT2D eigenvalue weighted by Crippen LogP contribution is -2.51. The summed E-state index contributed by atoms with van der Waals surface area (Å²) >= 11 is 0. The fourth-order valence-electron chi connectivity index (χ4n) is 2.46. The van der Waals surface area contributed by atoms with E-state index in [0.717, 1.165) is 19.3 Å². The van der Waals surface area contributed by atoms with Crippen molar-refractivity contribution in [2.24, 2.45) is 0 Å². The maximum Gasteiger partial charge on any atom is 0.387 e. The van der Waals surface area contributed by atoms with Crippen LogP contribution >= 0.6 is 0 Å². The first-order valence-corrected chi connectivity index (χ1v) is 6.82. The third-order valence-electron chi connectivity index (χ3n) is 3.77. The summed E-state index contributed by atoms with van der Waals surface area (Å²) in [5.74, 6) is 0.351. The molecule has 1 fully saturated rings. The lowest BCUT2D eigenvalue weighted by atomic mass is 9.76. The number of ether oxygens (including phenoxy) is 1. The van der Waals surface area contributed by atoms with Crippen LogP contribution in [0.25, 0.3) is 0 Å². The summed E-state index contributed by atoms with van der Waals surface area (Å²) < 4.78 is 28.4. The van der Waals surface area contributed by atoms with E-state index in [1.807, 2.05) is 0 Å². The van der Waals surface area contributed by atoms with Crippen molar-refractivity contribution in [1.82, 2.24) is 20.5 Å². The topological polar surface area (TPSA) is 79.9 Å². The molecular weight excluding hydrogens is 294 g/mol. The molecule has 0 aliphatic heterocycles. The molecule has 0 radical (unpaired) electrons. The first kappa shape index (κ1) is 14.4. The molecule has 1 aliphatic carbocycles. The van der Waals surface area contributed by atoms with Crippen molar-refractivity contribution in [3.63, 3.8) is 0 Å². The Morgan fingerprint density at radius 2 is 2.05 bits per heavy atom. The second-order valence-corrected chi connectivity index (χ2v) is 5.13. The Bertz CT molecular complexity index is 639. The van der Waals surface area contributed by atoms with Gasteiger partial charge in [-0.2, -0.15) is 13.9 Å². The number of hydrogen-bond acceptors (Lipinski definition) is 4. The zero-order valence-corrected chi connectivity index (χ0v) is 11.6. The molecule has 8 heteroatoms. The van der Waals surface area contributed by atoms with E-state index < -0.39 is 12.2 Å². The standard InChI is InChI=1S/C14H14F2N4O2/c15-13(16)22-10-4-2-9(3-5-10)11(21)19-14(6-1-7-14)12-17-8-18-20-12/h2-5,8,13H,1,6-7H2,(H,19,21)(H,17,18,20). The van der Waals surface area contributed by atoms with Gasteiger partial charge in [0.2, 0.25) is 0 Å². The fourth-order valence-corrected chi connectivity index (χ4v) is 2.46. The predicted octanol–water partition coefficient (Wildman–Crippen LogP) is 2.22. The number of benzene rings is 1. The lowest BCUT2D eigenvalue weighted by molar-refractivity contribution is -0.0498. The Morgan fingerprint density at radius 3 is 2.55 bits per heavy atom. The van der Waals surface area contributed by atoms with Crippen LogP contribution in [0.1, 0.15) is 35.4 Å². The van der Waals surface area contributed by atoms with Gasteiger partial charge in [0.05, 0.1) is 5.54 Å². The van der Waals surface area contributed by atoms with E-state index in [1.54, 1.807) is 0 Å². The average Bonchev–Trinajstić information content (AvgIpc) is 2.97. The Balaban J connectivity index is 1.71. The van der Waals surface area contributed by atoms with Crippen LogP contribution in [0.5, 0.6) is 5.75 Å². The number of rotatable bonds is 5. The van der Waals surface area contributed by atoms with Gasteiger partial charge in [0.25, 0.3) is 5.91 Å². The summed E-state index contributed by atoms with van der Waals surface area (Å²) in [5.41, 5.74) is -0.154. The molecule has 1 amide bonds. The van der Waals surface area contributed by atoms with Gasteiger partial charge in [-0.1, -0.05) is 0 Å². The summed E-state index contributed by atoms with van der Waals surface area (Å²) in [4.78, 5) is 16.4. The Morgan fingerprint density at radius 1 is 1.32 bits per heavy atom. The third-order valence-corrected chi connectivity index (χ3v) is 3.77. The van der Waals surface area contributed by atoms with Crippen molar-refractivity contribution in [2.45, 2.75) is 31.4 Å². The van der Waals surface area contributed by atoms with E-state index in [0.29, 0.717) is 11.4 Å². The summed E-state index contributed by atoms with van der Waals surface area (Å²) in [7, 11) is 0. The van der Waals surface area contributed by atoms with Crippen LogP contribution < -0.4 is 10.1 Å². The van der Waals surface area contributed by atoms with Crippen molar-refractivity contribution in [3.8, 4) is 5.75 Å². The van der Waals surface area contributed by atoms with Crippen molar-refractivity contribution in [1.29, 1.82) is 0 Å². The van der Waals surface area contributed by atoms with Gasteiger partial charge in [0, 0.05) is 5.56 Å².